The van der Waals surface area contributed by atoms with Gasteiger partial charge in [0.15, 0.2) is 0 Å². The molecule has 0 radical (unpaired) electrons. The molecule has 0 saturated heterocycles. The maximum Gasteiger partial charge on any atom is 0.344 e. The topological polar surface area (TPSA) is 57.5 Å². The van der Waals surface area contributed by atoms with Crippen LogP contribution in [0.4, 0.5) is 4.39 Å². The van der Waals surface area contributed by atoms with Crippen molar-refractivity contribution in [1.29, 1.82) is 0 Å². The first-order valence-electron chi connectivity index (χ1n) is 4.87. The molecule has 0 aliphatic heterocycles. The summed E-state index contributed by atoms with van der Waals surface area (Å²) in [7, 11) is 0. The Morgan fingerprint density at radius 3 is 2.82 bits per heavy atom. The molecule has 6 heteroatoms. The number of benzene rings is 1. The lowest BCUT2D eigenvalue weighted by molar-refractivity contribution is -0.158. The molecular formula is C11H10BrFO3S. The van der Waals surface area contributed by atoms with E-state index in [4.69, 9.17) is 5.11 Å². The van der Waals surface area contributed by atoms with Crippen molar-refractivity contribution in [2.24, 2.45) is 0 Å². The van der Waals surface area contributed by atoms with E-state index in [1.54, 1.807) is 18.4 Å². The van der Waals surface area contributed by atoms with Crippen LogP contribution in [0.2, 0.25) is 0 Å². The Bertz CT molecular complexity index is 494. The number of carboxylic acids is 1. The lowest BCUT2D eigenvalue weighted by atomic mass is 10.0. The van der Waals surface area contributed by atoms with Gasteiger partial charge in [0.1, 0.15) is 6.10 Å². The molecule has 1 aliphatic carbocycles. The van der Waals surface area contributed by atoms with Crippen LogP contribution in [0.5, 0.6) is 0 Å². The molecule has 1 aromatic rings. The van der Waals surface area contributed by atoms with Crippen molar-refractivity contribution in [2.45, 2.75) is 23.1 Å². The van der Waals surface area contributed by atoms with E-state index in [0.717, 1.165) is 0 Å². The van der Waals surface area contributed by atoms with Crippen LogP contribution in [0.3, 0.4) is 0 Å². The lowest BCUT2D eigenvalue weighted by Gasteiger charge is -2.19. The number of fused-ring (bicyclic) bond motifs is 1. The third kappa shape index (κ3) is 1.78. The summed E-state index contributed by atoms with van der Waals surface area (Å²) in [5.74, 6) is -1.62. The molecular weight excluding hydrogens is 311 g/mol. The second-order valence-corrected chi connectivity index (χ2v) is 5.59. The molecule has 1 aromatic carbocycles. The largest absolute Gasteiger partial charge is 0.479 e. The van der Waals surface area contributed by atoms with Crippen molar-refractivity contribution in [3.05, 3.63) is 27.7 Å². The van der Waals surface area contributed by atoms with Crippen LogP contribution >= 0.6 is 27.7 Å². The highest BCUT2D eigenvalue weighted by Gasteiger charge is 2.54. The lowest BCUT2D eigenvalue weighted by Crippen LogP contribution is -2.38. The number of thioether (sulfide) groups is 1. The zero-order valence-corrected chi connectivity index (χ0v) is 11.3. The van der Waals surface area contributed by atoms with Gasteiger partial charge in [-0.15, -0.1) is 11.8 Å². The monoisotopic (exact) mass is 320 g/mol. The minimum absolute atomic E-state index is 0.312. The third-order valence-electron chi connectivity index (χ3n) is 2.98. The van der Waals surface area contributed by atoms with Gasteiger partial charge >= 0.3 is 5.97 Å². The molecule has 92 valence electrons. The summed E-state index contributed by atoms with van der Waals surface area (Å²) in [6, 6.07) is 3.48. The molecule has 2 N–H and O–H groups in total. The molecule has 17 heavy (non-hydrogen) atoms. The van der Waals surface area contributed by atoms with Crippen LogP contribution in [0.1, 0.15) is 17.2 Å². The van der Waals surface area contributed by atoms with Crippen LogP contribution in [0, 0.1) is 0 Å². The van der Waals surface area contributed by atoms with Crippen molar-refractivity contribution < 1.29 is 19.4 Å². The number of halogens is 2. The summed E-state index contributed by atoms with van der Waals surface area (Å²) < 4.78 is 14.9. The number of aliphatic hydroxyl groups is 1. The van der Waals surface area contributed by atoms with Crippen LogP contribution < -0.4 is 0 Å². The summed E-state index contributed by atoms with van der Waals surface area (Å²) in [6.07, 6.45) is -0.127. The van der Waals surface area contributed by atoms with Crippen molar-refractivity contribution in [1.82, 2.24) is 0 Å². The number of aliphatic hydroxyl groups excluding tert-OH is 1. The van der Waals surface area contributed by atoms with Gasteiger partial charge in [0.05, 0.1) is 0 Å². The Balaban J connectivity index is 2.62. The van der Waals surface area contributed by atoms with E-state index in [2.05, 4.69) is 15.9 Å². The van der Waals surface area contributed by atoms with E-state index in [1.807, 2.05) is 0 Å². The second-order valence-electron chi connectivity index (χ2n) is 3.89. The Kier molecular flexibility index (Phi) is 3.22. The molecule has 0 spiro atoms. The number of hydrogen-bond acceptors (Lipinski definition) is 3. The number of hydrogen-bond donors (Lipinski definition) is 2. The van der Waals surface area contributed by atoms with Gasteiger partial charge in [-0.1, -0.05) is 15.9 Å². The van der Waals surface area contributed by atoms with E-state index >= 15 is 0 Å². The zero-order chi connectivity index (χ0) is 12.8. The average molecular weight is 321 g/mol. The van der Waals surface area contributed by atoms with E-state index in [9.17, 15) is 14.3 Å². The fraction of sp³-hybridized carbons (Fsp3) is 0.364. The van der Waals surface area contributed by atoms with Crippen LogP contribution in [0.15, 0.2) is 21.5 Å². The minimum atomic E-state index is -2.63. The van der Waals surface area contributed by atoms with Gasteiger partial charge in [0, 0.05) is 21.4 Å². The Morgan fingerprint density at radius 2 is 2.29 bits per heavy atom. The predicted molar refractivity (Wildman–Crippen MR) is 66.1 cm³/mol. The molecule has 2 rings (SSSR count). The van der Waals surface area contributed by atoms with Crippen molar-refractivity contribution >= 4 is 33.7 Å². The minimum Gasteiger partial charge on any atom is -0.479 e. The summed E-state index contributed by atoms with van der Waals surface area (Å²) in [5.41, 5.74) is -1.71. The summed E-state index contributed by atoms with van der Waals surface area (Å²) in [6.45, 7) is 0. The molecule has 0 unspecified atom stereocenters. The normalized spacial score (nSPS) is 26.9. The number of carbonyl (C=O) groups is 1. The summed E-state index contributed by atoms with van der Waals surface area (Å²) in [4.78, 5) is 11.7. The van der Waals surface area contributed by atoms with Gasteiger partial charge in [-0.3, -0.25) is 0 Å². The third-order valence-corrected chi connectivity index (χ3v) is 4.52. The molecule has 0 saturated carbocycles. The van der Waals surface area contributed by atoms with Gasteiger partial charge in [0.2, 0.25) is 5.67 Å². The second kappa shape index (κ2) is 4.26. The molecule has 0 aromatic heterocycles. The van der Waals surface area contributed by atoms with Crippen LogP contribution in [-0.4, -0.2) is 28.1 Å². The smallest absolute Gasteiger partial charge is 0.344 e. The highest BCUT2D eigenvalue weighted by molar-refractivity contribution is 9.10. The Hall–Kier alpha value is -0.590. The first-order valence-corrected chi connectivity index (χ1v) is 6.89. The maximum absolute atomic E-state index is 14.2. The predicted octanol–water partition coefficient (Wildman–Crippen LogP) is 2.55. The highest BCUT2D eigenvalue weighted by atomic mass is 79.9. The van der Waals surface area contributed by atoms with Crippen molar-refractivity contribution in [2.75, 3.05) is 6.26 Å². The average Bonchev–Trinajstić information content (AvgIpc) is 2.56. The molecule has 3 nitrogen and oxygen atoms in total. The van der Waals surface area contributed by atoms with Gasteiger partial charge in [-0.25, -0.2) is 9.18 Å². The summed E-state index contributed by atoms with van der Waals surface area (Å²) in [5, 5.41) is 18.8. The molecule has 1 aliphatic rings. The molecule has 0 fully saturated rings. The Morgan fingerprint density at radius 1 is 1.65 bits per heavy atom. The maximum atomic E-state index is 14.2. The molecule has 0 heterocycles. The van der Waals surface area contributed by atoms with E-state index in [1.165, 1.54) is 11.8 Å². The van der Waals surface area contributed by atoms with Crippen LogP contribution in [0.25, 0.3) is 0 Å². The van der Waals surface area contributed by atoms with Crippen molar-refractivity contribution in [3.8, 4) is 0 Å². The standard InChI is InChI=1S/C11H10BrFO3S/c1-17-7-3-2-6(12)5-4-11(13,10(15)16)9(14)8(5)7/h2-3,9,14H,4H2,1H3,(H,15,16)/t9-,11+/m0/s1. The molecule has 0 bridgehead atoms. The fourth-order valence-corrected chi connectivity index (χ4v) is 3.19. The van der Waals surface area contributed by atoms with Gasteiger partial charge in [0.25, 0.3) is 0 Å². The number of aliphatic carboxylic acids is 1. The Labute approximate surface area is 110 Å². The zero-order valence-electron chi connectivity index (χ0n) is 8.91. The van der Waals surface area contributed by atoms with E-state index in [-0.39, 0.29) is 6.42 Å². The van der Waals surface area contributed by atoms with Gasteiger partial charge < -0.3 is 10.2 Å². The van der Waals surface area contributed by atoms with Gasteiger partial charge in [-0.2, -0.15) is 0 Å². The SMILES string of the molecule is CSc1ccc(Br)c2c1[C@H](O)[C@@](F)(C(=O)O)C2. The number of alkyl halides is 1. The highest BCUT2D eigenvalue weighted by Crippen LogP contribution is 2.48. The first kappa shape index (κ1) is 12.9. The van der Waals surface area contributed by atoms with Gasteiger partial charge in [-0.05, 0) is 24.0 Å². The summed E-state index contributed by atoms with van der Waals surface area (Å²) >= 11 is 4.62. The molecule has 2 atom stereocenters. The number of carboxylic acid groups (broad SMARTS) is 1. The van der Waals surface area contributed by atoms with Crippen LogP contribution in [-0.2, 0) is 11.2 Å². The van der Waals surface area contributed by atoms with E-state index in [0.29, 0.717) is 20.5 Å². The first-order chi connectivity index (χ1) is 7.91. The quantitative estimate of drug-likeness (QED) is 0.822. The molecule has 0 amide bonds. The van der Waals surface area contributed by atoms with Crippen molar-refractivity contribution in [3.63, 3.8) is 0 Å². The fourth-order valence-electron chi connectivity index (χ4n) is 2.05. The van der Waals surface area contributed by atoms with E-state index < -0.39 is 17.7 Å². The number of rotatable bonds is 2.